The van der Waals surface area contributed by atoms with Crippen LogP contribution in [0.4, 0.5) is 0 Å². The summed E-state index contributed by atoms with van der Waals surface area (Å²) in [6.45, 7) is 1.63. The number of phosphoric ester groups is 1. The summed E-state index contributed by atoms with van der Waals surface area (Å²) >= 11 is 10.7. The highest BCUT2D eigenvalue weighted by Crippen LogP contribution is 2.67. The standard InChI is InChI=1S/C10H16ClN2O12P3S/c1-5-4-13(10(14)12-9(5)29)8-2-6(7(3-11)22-8)23-27(18,19)25-28(20,21)24-26(15,16)17/h4,6-8H,2-3H2,1H3,(H,18,19)(H,20,21)(H,12,14,29)(H2,15,16,17)/t6-,7+,8+/m0/s1. The Kier molecular flexibility index (Phi) is 7.85. The highest BCUT2D eigenvalue weighted by Gasteiger charge is 2.46. The molecule has 0 bridgehead atoms. The van der Waals surface area contributed by atoms with E-state index in [1.54, 1.807) is 6.92 Å². The molecule has 19 heteroatoms. The number of hydrogen-bond acceptors (Lipinski definition) is 9. The van der Waals surface area contributed by atoms with Gasteiger partial charge in [0.1, 0.15) is 23.1 Å². The summed E-state index contributed by atoms with van der Waals surface area (Å²) in [5, 5.41) is 0. The van der Waals surface area contributed by atoms with Gasteiger partial charge in [0.05, 0.1) is 5.88 Å². The molecule has 2 heterocycles. The fourth-order valence-corrected chi connectivity index (χ4v) is 6.03. The molecule has 0 radical (unpaired) electrons. The minimum atomic E-state index is -5.66. The first-order chi connectivity index (χ1) is 13.1. The Labute approximate surface area is 172 Å². The van der Waals surface area contributed by atoms with E-state index in [-0.39, 0.29) is 16.9 Å². The summed E-state index contributed by atoms with van der Waals surface area (Å²) in [6.07, 6.45) is -2.14. The monoisotopic (exact) mass is 516 g/mol. The highest BCUT2D eigenvalue weighted by molar-refractivity contribution is 7.71. The van der Waals surface area contributed by atoms with Gasteiger partial charge in [-0.1, -0.05) is 12.2 Å². The summed E-state index contributed by atoms with van der Waals surface area (Å²) in [7, 11) is -16.6. The number of halogens is 1. The average Bonchev–Trinajstić information content (AvgIpc) is 2.88. The van der Waals surface area contributed by atoms with Crippen molar-refractivity contribution >= 4 is 47.3 Å². The van der Waals surface area contributed by atoms with Crippen LogP contribution in [0.25, 0.3) is 0 Å². The zero-order valence-electron chi connectivity index (χ0n) is 14.4. The SMILES string of the molecule is Cc1cn([C@H]2C[C@H](OP(=O)(O)OP(=O)(O)OP(=O)(O)O)[C@@H](CCl)O2)c(=O)[nH]c1=S. The van der Waals surface area contributed by atoms with Crippen LogP contribution in [0.15, 0.2) is 11.0 Å². The van der Waals surface area contributed by atoms with E-state index in [0.717, 1.165) is 4.57 Å². The number of nitrogens with one attached hydrogen (secondary N) is 1. The number of hydrogen-bond donors (Lipinski definition) is 5. The van der Waals surface area contributed by atoms with Crippen LogP contribution in [0.3, 0.4) is 0 Å². The Bertz CT molecular complexity index is 1020. The Morgan fingerprint density at radius 3 is 2.45 bits per heavy atom. The number of rotatable bonds is 8. The fraction of sp³-hybridized carbons (Fsp3) is 0.600. The van der Waals surface area contributed by atoms with Crippen molar-refractivity contribution in [2.75, 3.05) is 5.88 Å². The van der Waals surface area contributed by atoms with Gasteiger partial charge in [-0.3, -0.25) is 14.1 Å². The third-order valence-electron chi connectivity index (χ3n) is 3.47. The molecule has 1 aromatic heterocycles. The van der Waals surface area contributed by atoms with Crippen molar-refractivity contribution in [2.24, 2.45) is 0 Å². The summed E-state index contributed by atoms with van der Waals surface area (Å²) < 4.78 is 53.0. The van der Waals surface area contributed by atoms with E-state index in [9.17, 15) is 28.3 Å². The number of nitrogens with zero attached hydrogens (tertiary/aromatic N) is 1. The Morgan fingerprint density at radius 2 is 1.90 bits per heavy atom. The maximum Gasteiger partial charge on any atom is 0.490 e. The molecule has 14 nitrogen and oxygen atoms in total. The van der Waals surface area contributed by atoms with Crippen LogP contribution >= 0.6 is 47.3 Å². The molecule has 166 valence electrons. The molecule has 5 N–H and O–H groups in total. The van der Waals surface area contributed by atoms with E-state index in [4.69, 9.17) is 42.9 Å². The molecule has 0 aliphatic carbocycles. The summed E-state index contributed by atoms with van der Waals surface area (Å²) in [4.78, 5) is 50.4. The maximum atomic E-state index is 12.1. The van der Waals surface area contributed by atoms with Gasteiger partial charge in [0.15, 0.2) is 0 Å². The Morgan fingerprint density at radius 1 is 1.28 bits per heavy atom. The van der Waals surface area contributed by atoms with Crippen LogP contribution in [0.5, 0.6) is 0 Å². The topological polar surface area (TPSA) is 207 Å². The van der Waals surface area contributed by atoms with Crippen LogP contribution in [0, 0.1) is 11.6 Å². The first-order valence-corrected chi connectivity index (χ1v) is 12.9. The number of aromatic nitrogens is 2. The van der Waals surface area contributed by atoms with E-state index >= 15 is 0 Å². The molecule has 0 amide bonds. The van der Waals surface area contributed by atoms with Gasteiger partial charge in [0.25, 0.3) is 0 Å². The van der Waals surface area contributed by atoms with Gasteiger partial charge < -0.3 is 24.3 Å². The molecule has 0 saturated carbocycles. The highest BCUT2D eigenvalue weighted by atomic mass is 35.5. The van der Waals surface area contributed by atoms with Crippen molar-refractivity contribution in [1.29, 1.82) is 0 Å². The van der Waals surface area contributed by atoms with Crippen molar-refractivity contribution in [2.45, 2.75) is 31.8 Å². The predicted molar refractivity (Wildman–Crippen MR) is 98.6 cm³/mol. The van der Waals surface area contributed by atoms with E-state index in [1.165, 1.54) is 6.20 Å². The number of H-pyrrole nitrogens is 1. The molecule has 1 aromatic rings. The zero-order valence-corrected chi connectivity index (χ0v) is 18.6. The minimum absolute atomic E-state index is 0.204. The van der Waals surface area contributed by atoms with E-state index in [2.05, 4.69) is 13.6 Å². The molecular formula is C10H16ClN2O12P3S. The lowest BCUT2D eigenvalue weighted by Gasteiger charge is -2.21. The quantitative estimate of drug-likeness (QED) is 0.188. The molecule has 1 aliphatic heterocycles. The number of aryl methyl sites for hydroxylation is 1. The molecule has 1 fully saturated rings. The third-order valence-corrected chi connectivity index (χ3v) is 8.07. The van der Waals surface area contributed by atoms with Crippen LogP contribution < -0.4 is 5.69 Å². The molecule has 0 aromatic carbocycles. The molecule has 2 unspecified atom stereocenters. The number of ether oxygens (including phenoxy) is 1. The second kappa shape index (κ2) is 9.09. The predicted octanol–water partition coefficient (Wildman–Crippen LogP) is 1.45. The lowest BCUT2D eigenvalue weighted by Crippen LogP contribution is -2.27. The van der Waals surface area contributed by atoms with Gasteiger partial charge in [-0.15, -0.1) is 11.6 Å². The van der Waals surface area contributed by atoms with Gasteiger partial charge in [0.2, 0.25) is 0 Å². The van der Waals surface area contributed by atoms with Crippen LogP contribution in [0.1, 0.15) is 18.2 Å². The lowest BCUT2D eigenvalue weighted by molar-refractivity contribution is -0.00841. The Balaban J connectivity index is 2.18. The number of aromatic amines is 1. The van der Waals surface area contributed by atoms with E-state index in [0.29, 0.717) is 5.56 Å². The summed E-state index contributed by atoms with van der Waals surface area (Å²) in [5.41, 5.74) is -0.0835. The van der Waals surface area contributed by atoms with Crippen LogP contribution in [-0.2, 0) is 31.6 Å². The number of phosphoric acid groups is 3. The van der Waals surface area contributed by atoms with Crippen molar-refractivity contribution in [3.8, 4) is 0 Å². The van der Waals surface area contributed by atoms with Crippen molar-refractivity contribution in [3.63, 3.8) is 0 Å². The zero-order chi connectivity index (χ0) is 22.2. The first-order valence-electron chi connectivity index (χ1n) is 7.48. The minimum Gasteiger partial charge on any atom is -0.351 e. The molecule has 2 rings (SSSR count). The largest absolute Gasteiger partial charge is 0.490 e. The summed E-state index contributed by atoms with van der Waals surface area (Å²) in [6, 6.07) is 0. The molecule has 0 spiro atoms. The van der Waals surface area contributed by atoms with Gasteiger partial charge in [-0.05, 0) is 6.92 Å². The van der Waals surface area contributed by atoms with Gasteiger partial charge in [0, 0.05) is 18.2 Å². The van der Waals surface area contributed by atoms with E-state index in [1.807, 2.05) is 0 Å². The average molecular weight is 517 g/mol. The lowest BCUT2D eigenvalue weighted by atomic mass is 10.2. The fourth-order valence-electron chi connectivity index (χ4n) is 2.39. The van der Waals surface area contributed by atoms with Crippen molar-refractivity contribution in [1.82, 2.24) is 9.55 Å². The van der Waals surface area contributed by atoms with Crippen LogP contribution in [0.2, 0.25) is 0 Å². The maximum absolute atomic E-state index is 12.1. The van der Waals surface area contributed by atoms with E-state index < -0.39 is 47.6 Å². The normalized spacial score (nSPS) is 26.8. The molecule has 29 heavy (non-hydrogen) atoms. The number of alkyl halides is 1. The van der Waals surface area contributed by atoms with Crippen LogP contribution in [-0.4, -0.2) is 47.2 Å². The molecular weight excluding hydrogens is 501 g/mol. The molecule has 1 aliphatic rings. The third kappa shape index (κ3) is 7.15. The first kappa shape index (κ1) is 25.0. The van der Waals surface area contributed by atoms with Crippen molar-refractivity contribution < 1.29 is 51.2 Å². The van der Waals surface area contributed by atoms with Gasteiger partial charge >= 0.3 is 29.2 Å². The molecule has 5 atom stereocenters. The van der Waals surface area contributed by atoms with Gasteiger partial charge in [-0.2, -0.15) is 8.62 Å². The van der Waals surface area contributed by atoms with Crippen molar-refractivity contribution in [3.05, 3.63) is 26.9 Å². The Hall–Kier alpha value is -0.240. The summed E-state index contributed by atoms with van der Waals surface area (Å²) in [5.74, 6) is -0.256. The second-order valence-electron chi connectivity index (χ2n) is 5.73. The smallest absolute Gasteiger partial charge is 0.351 e. The van der Waals surface area contributed by atoms with Gasteiger partial charge in [-0.25, -0.2) is 18.5 Å². The molecule has 1 saturated heterocycles. The second-order valence-corrected chi connectivity index (χ2v) is 10.8.